The van der Waals surface area contributed by atoms with Gasteiger partial charge < -0.3 is 9.64 Å². The van der Waals surface area contributed by atoms with Crippen LogP contribution in [0.25, 0.3) is 6.08 Å². The molecule has 0 unspecified atom stereocenters. The molecular weight excluding hydrogens is 338 g/mol. The van der Waals surface area contributed by atoms with Crippen LogP contribution in [0.1, 0.15) is 51.0 Å². The lowest BCUT2D eigenvalue weighted by molar-refractivity contribution is -0.158. The zero-order valence-electron chi connectivity index (χ0n) is 15.7. The van der Waals surface area contributed by atoms with Crippen LogP contribution in [0.4, 0.5) is 0 Å². The molecule has 27 heavy (non-hydrogen) atoms. The molecule has 3 heterocycles. The summed E-state index contributed by atoms with van der Waals surface area (Å²) in [7, 11) is 0. The fraction of sp³-hybridized carbons (Fsp3) is 0.478. The van der Waals surface area contributed by atoms with Crippen LogP contribution in [0.3, 0.4) is 0 Å². The van der Waals surface area contributed by atoms with Gasteiger partial charge in [-0.2, -0.15) is 0 Å². The van der Waals surface area contributed by atoms with Gasteiger partial charge in [-0.25, -0.2) is 4.79 Å². The fourth-order valence-electron chi connectivity index (χ4n) is 6.25. The summed E-state index contributed by atoms with van der Waals surface area (Å²) in [4.78, 5) is 27.3. The number of ether oxygens (including phenoxy) is 1. The summed E-state index contributed by atoms with van der Waals surface area (Å²) in [6.07, 6.45) is 9.31. The van der Waals surface area contributed by atoms with Gasteiger partial charge >= 0.3 is 5.97 Å². The quantitative estimate of drug-likeness (QED) is 0.712. The van der Waals surface area contributed by atoms with Crippen molar-refractivity contribution >= 4 is 18.0 Å². The number of hydrogen-bond donors (Lipinski definition) is 0. The monoisotopic (exact) mass is 363 g/mol. The Morgan fingerprint density at radius 2 is 2.00 bits per heavy atom. The summed E-state index contributed by atoms with van der Waals surface area (Å²) in [5.41, 5.74) is 2.03. The van der Waals surface area contributed by atoms with Crippen LogP contribution in [0.5, 0.6) is 0 Å². The molecule has 2 spiro atoms. The van der Waals surface area contributed by atoms with Crippen LogP contribution in [0, 0.1) is 5.92 Å². The van der Waals surface area contributed by atoms with Gasteiger partial charge in [0.05, 0.1) is 5.54 Å². The van der Waals surface area contributed by atoms with Gasteiger partial charge in [0.1, 0.15) is 0 Å². The van der Waals surface area contributed by atoms with Gasteiger partial charge in [-0.1, -0.05) is 42.8 Å². The summed E-state index contributed by atoms with van der Waals surface area (Å²) < 4.78 is 6.19. The maximum Gasteiger partial charge on any atom is 0.332 e. The van der Waals surface area contributed by atoms with Crippen molar-refractivity contribution in [3.8, 4) is 0 Å². The number of nitrogens with zero attached hydrogens (tertiary/aromatic N) is 1. The molecule has 2 saturated heterocycles. The number of rotatable bonds is 1. The van der Waals surface area contributed by atoms with Crippen LogP contribution in [0.2, 0.25) is 0 Å². The minimum atomic E-state index is -0.791. The van der Waals surface area contributed by atoms with Gasteiger partial charge in [0.15, 0.2) is 5.60 Å². The van der Waals surface area contributed by atoms with Crippen molar-refractivity contribution in [2.75, 3.05) is 6.54 Å². The van der Waals surface area contributed by atoms with Crippen molar-refractivity contribution in [1.29, 1.82) is 0 Å². The highest BCUT2D eigenvalue weighted by Crippen LogP contribution is 2.63. The summed E-state index contributed by atoms with van der Waals surface area (Å²) >= 11 is 0. The molecule has 0 radical (unpaired) electrons. The van der Waals surface area contributed by atoms with Crippen LogP contribution in [0.15, 0.2) is 47.6 Å². The van der Waals surface area contributed by atoms with E-state index in [1.807, 2.05) is 25.1 Å². The maximum atomic E-state index is 12.8. The third kappa shape index (κ3) is 2.10. The Morgan fingerprint density at radius 3 is 2.74 bits per heavy atom. The molecule has 1 saturated carbocycles. The van der Waals surface area contributed by atoms with Gasteiger partial charge in [-0.05, 0) is 55.2 Å². The van der Waals surface area contributed by atoms with E-state index in [1.54, 1.807) is 6.08 Å². The van der Waals surface area contributed by atoms with E-state index in [4.69, 9.17) is 4.74 Å². The Kier molecular flexibility index (Phi) is 3.62. The molecule has 1 aliphatic carbocycles. The summed E-state index contributed by atoms with van der Waals surface area (Å²) in [6.45, 7) is 2.78. The first-order valence-electron chi connectivity index (χ1n) is 10.1. The average molecular weight is 363 g/mol. The Labute approximate surface area is 159 Å². The topological polar surface area (TPSA) is 46.6 Å². The highest BCUT2D eigenvalue weighted by molar-refractivity contribution is 5.90. The van der Waals surface area contributed by atoms with Crippen LogP contribution < -0.4 is 0 Å². The normalized spacial score (nSPS) is 36.6. The van der Waals surface area contributed by atoms with E-state index >= 15 is 0 Å². The minimum absolute atomic E-state index is 0.220. The molecule has 3 atom stereocenters. The lowest BCUT2D eigenvalue weighted by Crippen LogP contribution is -2.63. The summed E-state index contributed by atoms with van der Waals surface area (Å²) in [5, 5.41) is 0. The number of benzene rings is 1. The standard InChI is InChI=1S/C23H25NO3/c1-16-13-21(26)27-23(16)19(14-17-7-3-2-4-8-17)15-18-9-5-6-12-24-20(25)10-11-22(18,23)24/h2-4,7-8,13-14,18H,5-6,9-12,15H2,1H3/b19-14+/t18-,22-,23+/m0/s1. The number of amides is 1. The second-order valence-electron chi connectivity index (χ2n) is 8.38. The lowest BCUT2D eigenvalue weighted by atomic mass is 9.70. The third-order valence-electron chi connectivity index (χ3n) is 7.17. The first-order valence-corrected chi connectivity index (χ1v) is 10.1. The Morgan fingerprint density at radius 1 is 1.19 bits per heavy atom. The van der Waals surface area contributed by atoms with E-state index in [1.165, 1.54) is 0 Å². The molecule has 1 aromatic carbocycles. The van der Waals surface area contributed by atoms with Crippen molar-refractivity contribution in [1.82, 2.24) is 4.90 Å². The molecule has 0 aromatic heterocycles. The number of carbonyl (C=O) groups excluding carboxylic acids is 2. The van der Waals surface area contributed by atoms with Gasteiger partial charge in [0.25, 0.3) is 0 Å². The molecular formula is C23H25NO3. The minimum Gasteiger partial charge on any atom is -0.444 e. The molecule has 1 amide bonds. The smallest absolute Gasteiger partial charge is 0.332 e. The number of hydrogen-bond acceptors (Lipinski definition) is 3. The van der Waals surface area contributed by atoms with Gasteiger partial charge in [0, 0.05) is 19.0 Å². The Balaban J connectivity index is 1.74. The molecule has 4 aliphatic rings. The molecule has 3 aliphatic heterocycles. The van der Waals surface area contributed by atoms with Crippen LogP contribution in [-0.4, -0.2) is 34.5 Å². The average Bonchev–Trinajstić information content (AvgIpc) is 3.18. The van der Waals surface area contributed by atoms with E-state index < -0.39 is 11.1 Å². The van der Waals surface area contributed by atoms with E-state index in [9.17, 15) is 9.59 Å². The van der Waals surface area contributed by atoms with Crippen molar-refractivity contribution in [2.45, 2.75) is 56.6 Å². The van der Waals surface area contributed by atoms with Crippen LogP contribution >= 0.6 is 0 Å². The molecule has 0 bridgehead atoms. The molecule has 3 fully saturated rings. The molecule has 0 N–H and O–H groups in total. The van der Waals surface area contributed by atoms with Crippen LogP contribution in [-0.2, 0) is 14.3 Å². The number of esters is 1. The third-order valence-corrected chi connectivity index (χ3v) is 7.17. The van der Waals surface area contributed by atoms with Gasteiger partial charge in [-0.3, -0.25) is 4.79 Å². The van der Waals surface area contributed by atoms with Gasteiger partial charge in [0.2, 0.25) is 5.91 Å². The highest BCUT2D eigenvalue weighted by Gasteiger charge is 2.72. The largest absolute Gasteiger partial charge is 0.444 e. The fourth-order valence-corrected chi connectivity index (χ4v) is 6.25. The maximum absolute atomic E-state index is 12.8. The van der Waals surface area contributed by atoms with Crippen molar-refractivity contribution in [3.63, 3.8) is 0 Å². The zero-order valence-corrected chi connectivity index (χ0v) is 15.7. The lowest BCUT2D eigenvalue weighted by Gasteiger charge is -2.49. The van der Waals surface area contributed by atoms with Gasteiger partial charge in [-0.15, -0.1) is 0 Å². The predicted molar refractivity (Wildman–Crippen MR) is 103 cm³/mol. The second-order valence-corrected chi connectivity index (χ2v) is 8.38. The van der Waals surface area contributed by atoms with Crippen molar-refractivity contribution < 1.29 is 14.3 Å². The van der Waals surface area contributed by atoms with Crippen molar-refractivity contribution in [2.24, 2.45) is 5.92 Å². The van der Waals surface area contributed by atoms with Crippen molar-refractivity contribution in [3.05, 3.63) is 53.1 Å². The Bertz CT molecular complexity index is 871. The predicted octanol–water partition coefficient (Wildman–Crippen LogP) is 3.88. The van der Waals surface area contributed by atoms with E-state index in [0.717, 1.165) is 55.4 Å². The zero-order chi connectivity index (χ0) is 18.6. The first kappa shape index (κ1) is 16.8. The summed E-state index contributed by atoms with van der Waals surface area (Å²) in [6, 6.07) is 10.2. The molecule has 140 valence electrons. The molecule has 4 heteroatoms. The molecule has 5 rings (SSSR count). The second kappa shape index (κ2) is 5.82. The molecule has 4 nitrogen and oxygen atoms in total. The van der Waals surface area contributed by atoms with E-state index in [0.29, 0.717) is 12.3 Å². The first-order chi connectivity index (χ1) is 13.1. The number of carbonyl (C=O) groups is 2. The van der Waals surface area contributed by atoms with E-state index in [2.05, 4.69) is 23.1 Å². The Hall–Kier alpha value is -2.36. The van der Waals surface area contributed by atoms with E-state index in [-0.39, 0.29) is 11.9 Å². The summed E-state index contributed by atoms with van der Waals surface area (Å²) in [5.74, 6) is 0.290. The highest BCUT2D eigenvalue weighted by atomic mass is 16.6. The SMILES string of the molecule is CC1=CC(=O)O[C@@]12/C(=C/c1ccccc1)C[C@@H]1CCCCN3C(=O)CC[C@@]132. The molecule has 1 aromatic rings.